The molecule has 1 N–H and O–H groups in total. The van der Waals surface area contributed by atoms with E-state index in [4.69, 9.17) is 5.11 Å². The fourth-order valence-electron chi connectivity index (χ4n) is 7.28. The number of carbonyl (C=O) groups excluding carboxylic acids is 2. The van der Waals surface area contributed by atoms with Crippen LogP contribution in [0.4, 0.5) is 0 Å². The average molecular weight is 465 g/mol. The lowest BCUT2D eigenvalue weighted by atomic mass is 9.43. The van der Waals surface area contributed by atoms with Crippen molar-refractivity contribution in [1.29, 1.82) is 0 Å². The second kappa shape index (κ2) is 9.28. The van der Waals surface area contributed by atoms with Crippen molar-refractivity contribution in [3.8, 4) is 0 Å². The van der Waals surface area contributed by atoms with E-state index in [-0.39, 0.29) is 33.5 Å². The predicted octanol–water partition coefficient (Wildman–Crippen LogP) is 6.79. The van der Waals surface area contributed by atoms with Crippen LogP contribution in [-0.2, 0) is 14.4 Å². The molecule has 1 unspecified atom stereocenters. The van der Waals surface area contributed by atoms with E-state index in [1.807, 2.05) is 38.2 Å². The molecule has 0 aromatic rings. The van der Waals surface area contributed by atoms with Crippen LogP contribution in [-0.4, -0.2) is 22.6 Å². The monoisotopic (exact) mass is 464 g/mol. The van der Waals surface area contributed by atoms with Crippen molar-refractivity contribution < 1.29 is 19.5 Å². The molecule has 0 aromatic carbocycles. The van der Waals surface area contributed by atoms with Gasteiger partial charge in [0.1, 0.15) is 5.78 Å². The van der Waals surface area contributed by atoms with E-state index >= 15 is 0 Å². The minimum absolute atomic E-state index is 0.00863. The average Bonchev–Trinajstić information content (AvgIpc) is 3.02. The largest absolute Gasteiger partial charge is 0.478 e. The summed E-state index contributed by atoms with van der Waals surface area (Å²) in [5.41, 5.74) is 2.83. The number of ketones is 2. The number of carbonyl (C=O) groups is 3. The minimum Gasteiger partial charge on any atom is -0.478 e. The van der Waals surface area contributed by atoms with Gasteiger partial charge in [0, 0.05) is 34.8 Å². The molecule has 4 heteroatoms. The number of carboxylic acids is 1. The van der Waals surface area contributed by atoms with Crippen LogP contribution >= 0.6 is 0 Å². The Kier molecular flexibility index (Phi) is 7.13. The summed E-state index contributed by atoms with van der Waals surface area (Å²) < 4.78 is 0. The van der Waals surface area contributed by atoms with Crippen molar-refractivity contribution in [2.24, 2.45) is 28.1 Å². The second-order valence-electron chi connectivity index (χ2n) is 11.7. The van der Waals surface area contributed by atoms with E-state index in [2.05, 4.69) is 27.7 Å². The Morgan fingerprint density at radius 3 is 2.24 bits per heavy atom. The quantitative estimate of drug-likeness (QED) is 0.359. The van der Waals surface area contributed by atoms with Crippen LogP contribution < -0.4 is 0 Å². The van der Waals surface area contributed by atoms with E-state index in [1.54, 1.807) is 19.1 Å². The van der Waals surface area contributed by atoms with Gasteiger partial charge in [0.25, 0.3) is 0 Å². The maximum Gasteiger partial charge on any atom is 0.331 e. The van der Waals surface area contributed by atoms with Crippen LogP contribution in [0, 0.1) is 28.1 Å². The number of hydrogen-bond acceptors (Lipinski definition) is 3. The van der Waals surface area contributed by atoms with Gasteiger partial charge in [0.05, 0.1) is 0 Å². The third kappa shape index (κ3) is 4.44. The van der Waals surface area contributed by atoms with E-state index < -0.39 is 5.97 Å². The molecule has 3 aliphatic carbocycles. The topological polar surface area (TPSA) is 71.4 Å². The van der Waals surface area contributed by atoms with Gasteiger partial charge >= 0.3 is 5.97 Å². The zero-order chi connectivity index (χ0) is 25.5. The van der Waals surface area contributed by atoms with Gasteiger partial charge in [0.15, 0.2) is 5.78 Å². The van der Waals surface area contributed by atoms with Gasteiger partial charge in [-0.2, -0.15) is 0 Å². The molecule has 3 fully saturated rings. The molecule has 0 heterocycles. The third-order valence-electron chi connectivity index (χ3n) is 9.18. The molecule has 184 valence electrons. The Morgan fingerprint density at radius 1 is 0.941 bits per heavy atom. The van der Waals surface area contributed by atoms with Crippen LogP contribution in [0.5, 0.6) is 0 Å². The Morgan fingerprint density at radius 2 is 1.59 bits per heavy atom. The molecular weight excluding hydrogens is 424 g/mol. The van der Waals surface area contributed by atoms with Crippen molar-refractivity contribution in [3.63, 3.8) is 0 Å². The van der Waals surface area contributed by atoms with E-state index in [0.29, 0.717) is 24.5 Å². The molecular formula is C30H40O4. The zero-order valence-corrected chi connectivity index (χ0v) is 21.8. The normalized spacial score (nSPS) is 35.6. The molecule has 0 spiro atoms. The Bertz CT molecular complexity index is 1050. The number of Topliss-reactive ketones (excluding diaryl/α,β-unsaturated/α-hetero) is 2. The number of aliphatic carboxylic acids is 1. The SMILES string of the molecule is CC(/C=C/C=C(\C)C(=O)O)=C\C=C\C(C)=C1\C(=O)C[C@H]2[C@@]3(C)CCC(=O)C(C)(C)C3CC[C@]12C. The van der Waals surface area contributed by atoms with Gasteiger partial charge in [-0.1, -0.05) is 69.7 Å². The summed E-state index contributed by atoms with van der Waals surface area (Å²) in [6.07, 6.45) is 15.2. The van der Waals surface area contributed by atoms with Gasteiger partial charge < -0.3 is 5.11 Å². The first kappa shape index (κ1) is 26.1. The summed E-state index contributed by atoms with van der Waals surface area (Å²) in [5.74, 6) is 0.330. The highest BCUT2D eigenvalue weighted by atomic mass is 16.4. The standard InChI is InChI=1S/C30H40O4/c1-19(11-9-13-21(3)27(33)34)10-8-12-20(2)26-22(31)18-24-29(6)17-15-25(32)28(4,5)23(29)14-16-30(24,26)7/h8-13,23-24H,14-18H2,1-7H3,(H,33,34)/b11-9+,12-8+,19-10+,21-13+,26-20-/t23?,24-,29-,30-/m0/s1. The lowest BCUT2D eigenvalue weighted by Gasteiger charge is -2.60. The molecule has 0 bridgehead atoms. The van der Waals surface area contributed by atoms with Gasteiger partial charge in [0.2, 0.25) is 0 Å². The third-order valence-corrected chi connectivity index (χ3v) is 9.18. The van der Waals surface area contributed by atoms with Crippen LogP contribution in [0.1, 0.15) is 80.6 Å². The first-order chi connectivity index (χ1) is 15.7. The van der Waals surface area contributed by atoms with Gasteiger partial charge in [-0.05, 0) is 62.9 Å². The van der Waals surface area contributed by atoms with Crippen molar-refractivity contribution in [2.75, 3.05) is 0 Å². The highest BCUT2D eigenvalue weighted by Gasteiger charge is 2.64. The molecule has 4 atom stereocenters. The van der Waals surface area contributed by atoms with Crippen LogP contribution in [0.3, 0.4) is 0 Å². The fraction of sp³-hybridized carbons (Fsp3) is 0.567. The highest BCUT2D eigenvalue weighted by Crippen LogP contribution is 2.68. The maximum atomic E-state index is 13.3. The number of allylic oxidation sites excluding steroid dienone is 9. The van der Waals surface area contributed by atoms with Crippen LogP contribution in [0.15, 0.2) is 58.7 Å². The molecule has 3 aliphatic rings. The van der Waals surface area contributed by atoms with Crippen molar-refractivity contribution >= 4 is 17.5 Å². The first-order valence-electron chi connectivity index (χ1n) is 12.5. The summed E-state index contributed by atoms with van der Waals surface area (Å²) in [6, 6.07) is 0. The summed E-state index contributed by atoms with van der Waals surface area (Å²) in [6.45, 7) is 14.4. The lowest BCUT2D eigenvalue weighted by molar-refractivity contribution is -0.154. The number of fused-ring (bicyclic) bond motifs is 3. The fourth-order valence-corrected chi connectivity index (χ4v) is 7.28. The molecule has 0 saturated heterocycles. The Balaban J connectivity index is 1.86. The number of rotatable bonds is 5. The maximum absolute atomic E-state index is 13.3. The van der Waals surface area contributed by atoms with Crippen molar-refractivity contribution in [2.45, 2.75) is 80.6 Å². The predicted molar refractivity (Wildman–Crippen MR) is 136 cm³/mol. The molecule has 0 radical (unpaired) electrons. The molecule has 0 aliphatic heterocycles. The summed E-state index contributed by atoms with van der Waals surface area (Å²) in [4.78, 5) is 36.9. The van der Waals surface area contributed by atoms with Crippen molar-refractivity contribution in [1.82, 2.24) is 0 Å². The Labute approximate surface area is 204 Å². The van der Waals surface area contributed by atoms with Crippen LogP contribution in [0.25, 0.3) is 0 Å². The molecule has 0 amide bonds. The minimum atomic E-state index is -0.923. The van der Waals surface area contributed by atoms with Gasteiger partial charge in [-0.25, -0.2) is 4.79 Å². The van der Waals surface area contributed by atoms with E-state index in [9.17, 15) is 14.4 Å². The summed E-state index contributed by atoms with van der Waals surface area (Å²) >= 11 is 0. The van der Waals surface area contributed by atoms with Gasteiger partial charge in [-0.3, -0.25) is 9.59 Å². The summed E-state index contributed by atoms with van der Waals surface area (Å²) in [7, 11) is 0. The van der Waals surface area contributed by atoms with Crippen LogP contribution in [0.2, 0.25) is 0 Å². The molecule has 0 aromatic heterocycles. The van der Waals surface area contributed by atoms with E-state index in [1.165, 1.54) is 0 Å². The highest BCUT2D eigenvalue weighted by molar-refractivity contribution is 6.01. The number of hydrogen-bond donors (Lipinski definition) is 1. The van der Waals surface area contributed by atoms with Crippen molar-refractivity contribution in [3.05, 3.63) is 58.7 Å². The lowest BCUT2D eigenvalue weighted by Crippen LogP contribution is -2.56. The molecule has 4 nitrogen and oxygen atoms in total. The second-order valence-corrected chi connectivity index (χ2v) is 11.7. The molecule has 3 rings (SSSR count). The van der Waals surface area contributed by atoms with Gasteiger partial charge in [-0.15, -0.1) is 0 Å². The Hall–Kier alpha value is -2.49. The smallest absolute Gasteiger partial charge is 0.331 e. The first-order valence-corrected chi connectivity index (χ1v) is 12.5. The number of carboxylic acid groups (broad SMARTS) is 1. The zero-order valence-electron chi connectivity index (χ0n) is 21.8. The summed E-state index contributed by atoms with van der Waals surface area (Å²) in [5, 5.41) is 8.92. The molecule has 34 heavy (non-hydrogen) atoms. The van der Waals surface area contributed by atoms with E-state index in [0.717, 1.165) is 36.0 Å². The molecule has 3 saturated carbocycles.